The number of carbonyl (C=O) groups excluding carboxylic acids is 3. The van der Waals surface area contributed by atoms with Gasteiger partial charge in [0.15, 0.2) is 0 Å². The highest BCUT2D eigenvalue weighted by molar-refractivity contribution is 7.10. The molecule has 0 unspecified atom stereocenters. The quantitative estimate of drug-likeness (QED) is 0.496. The summed E-state index contributed by atoms with van der Waals surface area (Å²) in [6.45, 7) is 1.33. The van der Waals surface area contributed by atoms with E-state index in [1.54, 1.807) is 16.2 Å². The third-order valence-electron chi connectivity index (χ3n) is 5.41. The SMILES string of the molecule is O=C(Nc1ccc(C(=O)NCCC(=O)N2CCc3sccc3C2)c(O)c1)c1cc(F)cc(F)c1. The second kappa shape index (κ2) is 10.0. The van der Waals surface area contributed by atoms with E-state index in [9.17, 15) is 28.3 Å². The topological polar surface area (TPSA) is 98.7 Å². The van der Waals surface area contributed by atoms with Crippen molar-refractivity contribution in [2.24, 2.45) is 0 Å². The molecule has 0 aliphatic carbocycles. The van der Waals surface area contributed by atoms with Gasteiger partial charge in [0.2, 0.25) is 5.91 Å². The van der Waals surface area contributed by atoms with Crippen LogP contribution in [0.15, 0.2) is 47.8 Å². The maximum Gasteiger partial charge on any atom is 0.255 e. The predicted octanol–water partition coefficient (Wildman–Crippen LogP) is 3.69. The summed E-state index contributed by atoms with van der Waals surface area (Å²) in [6, 6.07) is 8.26. The normalized spacial score (nSPS) is 12.7. The van der Waals surface area contributed by atoms with Crippen LogP contribution in [0.1, 0.15) is 37.6 Å². The summed E-state index contributed by atoms with van der Waals surface area (Å²) in [7, 11) is 0. The lowest BCUT2D eigenvalue weighted by atomic mass is 10.1. The Bertz CT molecular complexity index is 1240. The predicted molar refractivity (Wildman–Crippen MR) is 123 cm³/mol. The number of amides is 3. The largest absolute Gasteiger partial charge is 0.507 e. The minimum Gasteiger partial charge on any atom is -0.507 e. The van der Waals surface area contributed by atoms with Crippen molar-refractivity contribution in [3.05, 3.63) is 81.0 Å². The zero-order chi connectivity index (χ0) is 24.2. The van der Waals surface area contributed by atoms with Gasteiger partial charge in [0.05, 0.1) is 5.56 Å². The Labute approximate surface area is 198 Å². The lowest BCUT2D eigenvalue weighted by Crippen LogP contribution is -2.37. The molecule has 3 amide bonds. The number of fused-ring (bicyclic) bond motifs is 1. The van der Waals surface area contributed by atoms with Crippen molar-refractivity contribution in [3.63, 3.8) is 0 Å². The second-order valence-corrected chi connectivity index (χ2v) is 8.79. The molecule has 34 heavy (non-hydrogen) atoms. The lowest BCUT2D eigenvalue weighted by molar-refractivity contribution is -0.131. The summed E-state index contributed by atoms with van der Waals surface area (Å²) in [6.07, 6.45) is 0.959. The molecule has 2 heterocycles. The average molecular weight is 486 g/mol. The number of phenols is 1. The van der Waals surface area contributed by atoms with Crippen molar-refractivity contribution in [3.8, 4) is 5.75 Å². The van der Waals surface area contributed by atoms with E-state index in [4.69, 9.17) is 0 Å². The third kappa shape index (κ3) is 5.40. The van der Waals surface area contributed by atoms with Crippen molar-refractivity contribution in [1.29, 1.82) is 0 Å². The fourth-order valence-electron chi connectivity index (χ4n) is 3.69. The molecule has 0 radical (unpaired) electrons. The van der Waals surface area contributed by atoms with E-state index >= 15 is 0 Å². The Morgan fingerprint density at radius 1 is 1.03 bits per heavy atom. The number of hydrogen-bond acceptors (Lipinski definition) is 5. The highest BCUT2D eigenvalue weighted by atomic mass is 32.1. The first-order valence-corrected chi connectivity index (χ1v) is 11.4. The van der Waals surface area contributed by atoms with Gasteiger partial charge in [0.25, 0.3) is 11.8 Å². The van der Waals surface area contributed by atoms with Gasteiger partial charge < -0.3 is 20.6 Å². The van der Waals surface area contributed by atoms with Gasteiger partial charge in [-0.05, 0) is 47.7 Å². The van der Waals surface area contributed by atoms with Crippen LogP contribution in [0, 0.1) is 11.6 Å². The molecule has 1 aliphatic heterocycles. The molecule has 7 nitrogen and oxygen atoms in total. The van der Waals surface area contributed by atoms with Gasteiger partial charge in [0, 0.05) is 54.3 Å². The number of hydrogen-bond donors (Lipinski definition) is 3. The Kier molecular flexibility index (Phi) is 6.87. The number of aromatic hydroxyl groups is 1. The molecule has 0 bridgehead atoms. The Hall–Kier alpha value is -3.79. The fraction of sp³-hybridized carbons (Fsp3) is 0.208. The van der Waals surface area contributed by atoms with E-state index in [1.165, 1.54) is 17.0 Å². The van der Waals surface area contributed by atoms with Crippen LogP contribution < -0.4 is 10.6 Å². The number of anilines is 1. The Morgan fingerprint density at radius 3 is 2.53 bits per heavy atom. The minimum atomic E-state index is -0.894. The van der Waals surface area contributed by atoms with E-state index in [2.05, 4.69) is 10.6 Å². The van der Waals surface area contributed by atoms with Crippen molar-refractivity contribution in [2.75, 3.05) is 18.4 Å². The van der Waals surface area contributed by atoms with E-state index < -0.39 is 29.2 Å². The monoisotopic (exact) mass is 485 g/mol. The molecule has 0 saturated heterocycles. The van der Waals surface area contributed by atoms with E-state index in [0.29, 0.717) is 19.2 Å². The van der Waals surface area contributed by atoms with Crippen LogP contribution in [0.25, 0.3) is 0 Å². The maximum atomic E-state index is 13.3. The fourth-order valence-corrected chi connectivity index (χ4v) is 4.58. The molecule has 4 rings (SSSR count). The molecular formula is C24H21F2N3O4S. The van der Waals surface area contributed by atoms with Crippen molar-refractivity contribution >= 4 is 34.7 Å². The van der Waals surface area contributed by atoms with Crippen molar-refractivity contribution in [1.82, 2.24) is 10.2 Å². The van der Waals surface area contributed by atoms with E-state index in [-0.39, 0.29) is 35.7 Å². The highest BCUT2D eigenvalue weighted by Crippen LogP contribution is 2.25. The average Bonchev–Trinajstić information content (AvgIpc) is 3.26. The number of halogens is 2. The molecule has 0 saturated carbocycles. The number of carbonyl (C=O) groups is 3. The van der Waals surface area contributed by atoms with Crippen molar-refractivity contribution in [2.45, 2.75) is 19.4 Å². The van der Waals surface area contributed by atoms with Crippen LogP contribution in [0.2, 0.25) is 0 Å². The van der Waals surface area contributed by atoms with Gasteiger partial charge in [-0.15, -0.1) is 11.3 Å². The minimum absolute atomic E-state index is 0.0388. The molecular weight excluding hydrogens is 464 g/mol. The lowest BCUT2D eigenvalue weighted by Gasteiger charge is -2.27. The maximum absolute atomic E-state index is 13.3. The molecule has 3 aromatic rings. The summed E-state index contributed by atoms with van der Waals surface area (Å²) in [5, 5.41) is 17.2. The number of rotatable bonds is 6. The van der Waals surface area contributed by atoms with Crippen LogP contribution in [0.4, 0.5) is 14.5 Å². The third-order valence-corrected chi connectivity index (χ3v) is 6.43. The molecule has 0 atom stereocenters. The summed E-state index contributed by atoms with van der Waals surface area (Å²) < 4.78 is 26.6. The first kappa shape index (κ1) is 23.4. The number of thiophene rings is 1. The molecule has 2 aromatic carbocycles. The highest BCUT2D eigenvalue weighted by Gasteiger charge is 2.21. The first-order valence-electron chi connectivity index (χ1n) is 10.5. The summed E-state index contributed by atoms with van der Waals surface area (Å²) >= 11 is 1.69. The molecule has 176 valence electrons. The summed E-state index contributed by atoms with van der Waals surface area (Å²) in [5.74, 6) is -3.60. The van der Waals surface area contributed by atoms with Crippen molar-refractivity contribution < 1.29 is 28.3 Å². The van der Waals surface area contributed by atoms with E-state index in [0.717, 1.165) is 30.2 Å². The van der Waals surface area contributed by atoms with Crippen LogP contribution in [0.3, 0.4) is 0 Å². The van der Waals surface area contributed by atoms with Crippen LogP contribution >= 0.6 is 11.3 Å². The van der Waals surface area contributed by atoms with Gasteiger partial charge in [-0.25, -0.2) is 8.78 Å². The van der Waals surface area contributed by atoms with Crippen LogP contribution in [0.5, 0.6) is 5.75 Å². The second-order valence-electron chi connectivity index (χ2n) is 7.78. The zero-order valence-electron chi connectivity index (χ0n) is 17.9. The van der Waals surface area contributed by atoms with Gasteiger partial charge in [-0.2, -0.15) is 0 Å². The molecule has 0 fully saturated rings. The molecule has 0 spiro atoms. The molecule has 10 heteroatoms. The summed E-state index contributed by atoms with van der Waals surface area (Å²) in [4.78, 5) is 40.1. The van der Waals surface area contributed by atoms with Crippen LogP contribution in [-0.4, -0.2) is 40.8 Å². The molecule has 3 N–H and O–H groups in total. The van der Waals surface area contributed by atoms with Gasteiger partial charge in [0.1, 0.15) is 17.4 Å². The number of nitrogens with zero attached hydrogens (tertiary/aromatic N) is 1. The zero-order valence-corrected chi connectivity index (χ0v) is 18.8. The summed E-state index contributed by atoms with van der Waals surface area (Å²) in [5.41, 5.74) is 1.03. The Balaban J connectivity index is 1.30. The Morgan fingerprint density at radius 2 is 1.79 bits per heavy atom. The van der Waals surface area contributed by atoms with E-state index in [1.807, 2.05) is 11.4 Å². The number of benzene rings is 2. The number of nitrogens with one attached hydrogen (secondary N) is 2. The molecule has 1 aliphatic rings. The standard InChI is InChI=1S/C24H21F2N3O4S/c25-16-9-15(10-17(26)11-16)23(32)28-18-1-2-19(20(30)12-18)24(33)27-6-3-22(31)29-7-4-21-14(13-29)5-8-34-21/h1-2,5,8-12,30H,3-4,6-7,13H2,(H,27,33)(H,28,32). The number of phenolic OH excluding ortho intramolecular Hbond substituents is 1. The van der Waals surface area contributed by atoms with Crippen LogP contribution in [-0.2, 0) is 17.8 Å². The van der Waals surface area contributed by atoms with Gasteiger partial charge >= 0.3 is 0 Å². The first-order chi connectivity index (χ1) is 16.3. The van der Waals surface area contributed by atoms with Gasteiger partial charge in [-0.1, -0.05) is 0 Å². The molecule has 1 aromatic heterocycles. The smallest absolute Gasteiger partial charge is 0.255 e. The van der Waals surface area contributed by atoms with Gasteiger partial charge in [-0.3, -0.25) is 14.4 Å².